The molecule has 2 aromatic rings. The van der Waals surface area contributed by atoms with Crippen molar-refractivity contribution in [3.8, 4) is 0 Å². The van der Waals surface area contributed by atoms with Crippen LogP contribution in [-0.2, 0) is 17.1 Å². The van der Waals surface area contributed by atoms with Crippen LogP contribution in [0.1, 0.15) is 11.1 Å². The van der Waals surface area contributed by atoms with Gasteiger partial charge in [-0.15, -0.1) is 0 Å². The van der Waals surface area contributed by atoms with Crippen molar-refractivity contribution in [2.45, 2.75) is 18.9 Å². The molecule has 0 amide bonds. The molecule has 2 rings (SSSR count). The molecule has 0 unspecified atom stereocenters. The third-order valence-electron chi connectivity index (χ3n) is 3.50. The van der Waals surface area contributed by atoms with Gasteiger partial charge in [0.25, 0.3) is 15.0 Å². The van der Waals surface area contributed by atoms with E-state index in [1.54, 1.807) is 13.8 Å². The molecule has 0 spiro atoms. The van der Waals surface area contributed by atoms with Crippen LogP contribution in [0.3, 0.4) is 0 Å². The first-order valence-electron chi connectivity index (χ1n) is 7.02. The number of nitrogens with zero attached hydrogens (tertiary/aromatic N) is 4. The first kappa shape index (κ1) is 17.7. The maximum absolute atomic E-state index is 12.6. The van der Waals surface area contributed by atoms with E-state index in [1.165, 1.54) is 7.05 Å². The molecule has 0 fully saturated rings. The Labute approximate surface area is 140 Å². The summed E-state index contributed by atoms with van der Waals surface area (Å²) in [6.07, 6.45) is 1.06. The maximum Gasteiger partial charge on any atom is 0.327 e. The van der Waals surface area contributed by atoms with E-state index in [-0.39, 0.29) is 0 Å². The molecule has 9 nitrogen and oxygen atoms in total. The Morgan fingerprint density at radius 1 is 1.25 bits per heavy atom. The van der Waals surface area contributed by atoms with E-state index in [0.717, 1.165) is 16.6 Å². The van der Waals surface area contributed by atoms with Crippen LogP contribution in [0.15, 0.2) is 23.4 Å². The van der Waals surface area contributed by atoms with Gasteiger partial charge in [0.05, 0.1) is 10.6 Å². The summed E-state index contributed by atoms with van der Waals surface area (Å²) >= 11 is 0. The second-order valence-corrected chi connectivity index (χ2v) is 7.30. The molecular formula is C14H19N5O4S. The number of hydrogen-bond donors (Lipinski definition) is 1. The zero-order chi connectivity index (χ0) is 18.2. The number of benzene rings is 1. The SMILES string of the molecule is Cc1cc(N(C)C)cc(C)c1NS(=O)(=O)c1nn(C)cc1[N+](=O)[O-]. The molecule has 0 aliphatic heterocycles. The lowest BCUT2D eigenvalue weighted by Gasteiger charge is -2.18. The molecule has 1 N–H and O–H groups in total. The Hall–Kier alpha value is -2.62. The molecule has 0 atom stereocenters. The maximum atomic E-state index is 12.6. The Balaban J connectivity index is 2.50. The van der Waals surface area contributed by atoms with Crippen LogP contribution < -0.4 is 9.62 Å². The van der Waals surface area contributed by atoms with Crippen LogP contribution in [0.25, 0.3) is 0 Å². The summed E-state index contributed by atoms with van der Waals surface area (Å²) in [5.74, 6) is 0. The fourth-order valence-electron chi connectivity index (χ4n) is 2.31. The largest absolute Gasteiger partial charge is 0.378 e. The zero-order valence-corrected chi connectivity index (χ0v) is 14.9. The summed E-state index contributed by atoms with van der Waals surface area (Å²) in [7, 11) is 1.01. The Morgan fingerprint density at radius 3 is 2.25 bits per heavy atom. The van der Waals surface area contributed by atoms with Crippen molar-refractivity contribution >= 4 is 27.1 Å². The minimum Gasteiger partial charge on any atom is -0.378 e. The molecule has 0 bridgehead atoms. The minimum absolute atomic E-state index is 0.389. The highest BCUT2D eigenvalue weighted by molar-refractivity contribution is 7.92. The molecule has 130 valence electrons. The van der Waals surface area contributed by atoms with Gasteiger partial charge in [-0.3, -0.25) is 19.5 Å². The smallest absolute Gasteiger partial charge is 0.327 e. The molecule has 0 aliphatic carbocycles. The molecule has 0 saturated carbocycles. The fraction of sp³-hybridized carbons (Fsp3) is 0.357. The molecule has 0 saturated heterocycles. The summed E-state index contributed by atoms with van der Waals surface area (Å²) in [6.45, 7) is 3.54. The van der Waals surface area contributed by atoms with Crippen molar-refractivity contribution in [1.82, 2.24) is 9.78 Å². The van der Waals surface area contributed by atoms with E-state index in [0.29, 0.717) is 16.8 Å². The molecule has 24 heavy (non-hydrogen) atoms. The zero-order valence-electron chi connectivity index (χ0n) is 14.1. The van der Waals surface area contributed by atoms with E-state index < -0.39 is 25.7 Å². The number of aryl methyl sites for hydroxylation is 3. The molecule has 0 radical (unpaired) electrons. The number of hydrogen-bond acceptors (Lipinski definition) is 6. The topological polar surface area (TPSA) is 110 Å². The fourth-order valence-corrected chi connectivity index (χ4v) is 3.64. The van der Waals surface area contributed by atoms with Gasteiger partial charge < -0.3 is 4.90 Å². The first-order chi connectivity index (χ1) is 11.0. The van der Waals surface area contributed by atoms with Crippen molar-refractivity contribution in [3.63, 3.8) is 0 Å². The molecule has 10 heteroatoms. The molecule has 1 aromatic carbocycles. The predicted molar refractivity (Wildman–Crippen MR) is 90.9 cm³/mol. The molecular weight excluding hydrogens is 334 g/mol. The van der Waals surface area contributed by atoms with Gasteiger partial charge in [0.2, 0.25) is 0 Å². The highest BCUT2D eigenvalue weighted by atomic mass is 32.2. The summed E-state index contributed by atoms with van der Waals surface area (Å²) in [5, 5.41) is 14.2. The van der Waals surface area contributed by atoms with E-state index in [2.05, 4.69) is 9.82 Å². The average Bonchev–Trinajstić information content (AvgIpc) is 2.86. The monoisotopic (exact) mass is 353 g/mol. The number of nitro groups is 1. The van der Waals surface area contributed by atoms with Gasteiger partial charge in [-0.1, -0.05) is 0 Å². The third-order valence-corrected chi connectivity index (χ3v) is 4.77. The lowest BCUT2D eigenvalue weighted by atomic mass is 10.1. The first-order valence-corrected chi connectivity index (χ1v) is 8.50. The van der Waals surface area contributed by atoms with Crippen molar-refractivity contribution < 1.29 is 13.3 Å². The second kappa shape index (κ2) is 6.11. The standard InChI is InChI=1S/C14H19N5O4S/c1-9-6-11(17(3)4)7-10(2)13(9)16-24(22,23)14-12(19(20)21)8-18(5)15-14/h6-8,16H,1-5H3. The predicted octanol–water partition coefficient (Wildman–Crippen LogP) is 1.81. The third kappa shape index (κ3) is 3.32. The van der Waals surface area contributed by atoms with Gasteiger partial charge in [0.1, 0.15) is 6.20 Å². The minimum atomic E-state index is -4.18. The lowest BCUT2D eigenvalue weighted by Crippen LogP contribution is -2.17. The molecule has 1 heterocycles. The summed E-state index contributed by atoms with van der Waals surface area (Å²) in [6, 6.07) is 3.66. The molecule has 1 aromatic heterocycles. The van der Waals surface area contributed by atoms with Crippen molar-refractivity contribution in [3.05, 3.63) is 39.6 Å². The highest BCUT2D eigenvalue weighted by Crippen LogP contribution is 2.30. The van der Waals surface area contributed by atoms with E-state index >= 15 is 0 Å². The highest BCUT2D eigenvalue weighted by Gasteiger charge is 2.31. The van der Waals surface area contributed by atoms with E-state index in [9.17, 15) is 18.5 Å². The van der Waals surface area contributed by atoms with Gasteiger partial charge in [-0.25, -0.2) is 0 Å². The number of aromatic nitrogens is 2. The molecule has 0 aliphatic rings. The van der Waals surface area contributed by atoms with Crippen molar-refractivity contribution in [2.75, 3.05) is 23.7 Å². The van der Waals surface area contributed by atoms with Gasteiger partial charge >= 0.3 is 5.69 Å². The van der Waals surface area contributed by atoms with E-state index in [1.807, 2.05) is 31.1 Å². The van der Waals surface area contributed by atoms with Crippen LogP contribution in [0.5, 0.6) is 0 Å². The summed E-state index contributed by atoms with van der Waals surface area (Å²) in [5.41, 5.74) is 2.17. The summed E-state index contributed by atoms with van der Waals surface area (Å²) < 4.78 is 28.6. The Kier molecular flexibility index (Phi) is 4.52. The number of sulfonamides is 1. The number of nitrogens with one attached hydrogen (secondary N) is 1. The number of rotatable bonds is 5. The van der Waals surface area contributed by atoms with Gasteiger partial charge in [0, 0.05) is 26.8 Å². The Morgan fingerprint density at radius 2 is 1.79 bits per heavy atom. The van der Waals surface area contributed by atoms with Gasteiger partial charge in [-0.05, 0) is 37.1 Å². The van der Waals surface area contributed by atoms with Crippen LogP contribution in [-0.4, -0.2) is 37.2 Å². The van der Waals surface area contributed by atoms with Gasteiger partial charge in [0.15, 0.2) is 0 Å². The van der Waals surface area contributed by atoms with E-state index in [4.69, 9.17) is 0 Å². The lowest BCUT2D eigenvalue weighted by molar-refractivity contribution is -0.387. The summed E-state index contributed by atoms with van der Waals surface area (Å²) in [4.78, 5) is 12.2. The van der Waals surface area contributed by atoms with Gasteiger partial charge in [-0.2, -0.15) is 13.5 Å². The van der Waals surface area contributed by atoms with Crippen LogP contribution in [0.4, 0.5) is 17.1 Å². The second-order valence-electron chi connectivity index (χ2n) is 5.70. The number of anilines is 2. The van der Waals surface area contributed by atoms with Crippen LogP contribution in [0, 0.1) is 24.0 Å². The normalized spacial score (nSPS) is 11.4. The van der Waals surface area contributed by atoms with Crippen LogP contribution in [0.2, 0.25) is 0 Å². The quantitative estimate of drug-likeness (QED) is 0.648. The van der Waals surface area contributed by atoms with Crippen molar-refractivity contribution in [2.24, 2.45) is 7.05 Å². The Bertz CT molecular complexity index is 879. The average molecular weight is 353 g/mol. The van der Waals surface area contributed by atoms with Crippen molar-refractivity contribution in [1.29, 1.82) is 0 Å². The van der Waals surface area contributed by atoms with Crippen LogP contribution >= 0.6 is 0 Å².